The van der Waals surface area contributed by atoms with Crippen molar-refractivity contribution in [2.45, 2.75) is 57.0 Å². The first-order chi connectivity index (χ1) is 10.3. The minimum absolute atomic E-state index is 0.478. The minimum Gasteiger partial charge on any atom is -0.380 e. The Labute approximate surface area is 137 Å². The monoisotopic (exact) mass is 326 g/mol. The van der Waals surface area contributed by atoms with Crippen molar-refractivity contribution < 1.29 is 0 Å². The Morgan fingerprint density at radius 3 is 2.38 bits per heavy atom. The van der Waals surface area contributed by atoms with Gasteiger partial charge < -0.3 is 10.6 Å². The molecule has 0 aromatic heterocycles. The second-order valence-corrected chi connectivity index (χ2v) is 7.17. The molecule has 3 rings (SSSR count). The summed E-state index contributed by atoms with van der Waals surface area (Å²) in [6.45, 7) is 1.17. The van der Waals surface area contributed by atoms with Crippen molar-refractivity contribution >= 4 is 28.9 Å². The Balaban J connectivity index is 1.74. The van der Waals surface area contributed by atoms with Crippen LogP contribution in [0.3, 0.4) is 0 Å². The largest absolute Gasteiger partial charge is 0.380 e. The van der Waals surface area contributed by atoms with Crippen LogP contribution in [0.15, 0.2) is 18.2 Å². The summed E-state index contributed by atoms with van der Waals surface area (Å²) in [7, 11) is 0. The van der Waals surface area contributed by atoms with Gasteiger partial charge in [0.05, 0.1) is 15.7 Å². The molecular formula is C17H24Cl2N2. The van der Waals surface area contributed by atoms with Gasteiger partial charge in [-0.1, -0.05) is 48.5 Å². The predicted molar refractivity (Wildman–Crippen MR) is 91.5 cm³/mol. The minimum atomic E-state index is 0.478. The fraction of sp³-hybridized carbons (Fsp3) is 0.647. The summed E-state index contributed by atoms with van der Waals surface area (Å²) in [6, 6.07) is 6.85. The van der Waals surface area contributed by atoms with Gasteiger partial charge in [0.1, 0.15) is 0 Å². The van der Waals surface area contributed by atoms with Crippen LogP contribution in [0.25, 0.3) is 0 Å². The molecule has 1 saturated carbocycles. The van der Waals surface area contributed by atoms with Crippen molar-refractivity contribution in [2.24, 2.45) is 5.92 Å². The van der Waals surface area contributed by atoms with Crippen LogP contribution in [0.5, 0.6) is 0 Å². The van der Waals surface area contributed by atoms with Gasteiger partial charge in [0.15, 0.2) is 0 Å². The van der Waals surface area contributed by atoms with Gasteiger partial charge in [-0.25, -0.2) is 0 Å². The Hall–Kier alpha value is -0.440. The number of rotatable bonds is 3. The van der Waals surface area contributed by atoms with Crippen LogP contribution in [0.4, 0.5) is 5.69 Å². The summed E-state index contributed by atoms with van der Waals surface area (Å²) >= 11 is 12.6. The van der Waals surface area contributed by atoms with Gasteiger partial charge >= 0.3 is 0 Å². The second-order valence-electron chi connectivity index (χ2n) is 6.35. The Bertz CT molecular complexity index is 452. The van der Waals surface area contributed by atoms with Crippen LogP contribution >= 0.6 is 23.2 Å². The number of hydrogen-bond donors (Lipinski definition) is 2. The van der Waals surface area contributed by atoms with Gasteiger partial charge in [0, 0.05) is 12.1 Å². The first-order valence-electron chi connectivity index (χ1n) is 8.19. The van der Waals surface area contributed by atoms with Crippen molar-refractivity contribution in [3.05, 3.63) is 28.2 Å². The van der Waals surface area contributed by atoms with Crippen LogP contribution < -0.4 is 10.6 Å². The molecule has 1 heterocycles. The van der Waals surface area contributed by atoms with E-state index in [0.29, 0.717) is 18.0 Å². The van der Waals surface area contributed by atoms with Crippen molar-refractivity contribution in [2.75, 3.05) is 11.9 Å². The van der Waals surface area contributed by atoms with Crippen molar-refractivity contribution in [3.63, 3.8) is 0 Å². The zero-order valence-corrected chi connectivity index (χ0v) is 13.9. The molecule has 1 aliphatic carbocycles. The molecule has 1 saturated heterocycles. The highest BCUT2D eigenvalue weighted by Gasteiger charge is 2.32. The van der Waals surface area contributed by atoms with Crippen LogP contribution in [0.2, 0.25) is 10.0 Å². The summed E-state index contributed by atoms with van der Waals surface area (Å²) in [5.74, 6) is 0.686. The molecular weight excluding hydrogens is 303 g/mol. The summed E-state index contributed by atoms with van der Waals surface area (Å²) in [6.07, 6.45) is 9.13. The highest BCUT2D eigenvalue weighted by molar-refractivity contribution is 6.39. The normalized spacial score (nSPS) is 30.1. The second kappa shape index (κ2) is 7.21. The zero-order chi connectivity index (χ0) is 14.7. The number of para-hydroxylation sites is 1. The third-order valence-electron chi connectivity index (χ3n) is 4.98. The smallest absolute Gasteiger partial charge is 0.0721 e. The summed E-state index contributed by atoms with van der Waals surface area (Å²) < 4.78 is 0. The van der Waals surface area contributed by atoms with E-state index in [0.717, 1.165) is 15.7 Å². The maximum Gasteiger partial charge on any atom is 0.0721 e. The molecule has 4 heteroatoms. The first-order valence-corrected chi connectivity index (χ1v) is 8.95. The van der Waals surface area contributed by atoms with Gasteiger partial charge in [-0.3, -0.25) is 0 Å². The molecule has 0 bridgehead atoms. The molecule has 1 aromatic rings. The lowest BCUT2D eigenvalue weighted by atomic mass is 9.77. The maximum absolute atomic E-state index is 6.32. The van der Waals surface area contributed by atoms with E-state index < -0.39 is 0 Å². The van der Waals surface area contributed by atoms with Crippen LogP contribution in [0, 0.1) is 5.92 Å². The van der Waals surface area contributed by atoms with Gasteiger partial charge in [-0.05, 0) is 50.3 Å². The molecule has 1 aromatic carbocycles. The fourth-order valence-electron chi connectivity index (χ4n) is 3.89. The van der Waals surface area contributed by atoms with Crippen molar-refractivity contribution in [3.8, 4) is 0 Å². The molecule has 116 valence electrons. The predicted octanol–water partition coefficient (Wildman–Crippen LogP) is 5.11. The van der Waals surface area contributed by atoms with E-state index >= 15 is 0 Å². The average Bonchev–Trinajstić information content (AvgIpc) is 2.52. The molecule has 2 N–H and O–H groups in total. The lowest BCUT2D eigenvalue weighted by Gasteiger charge is -2.40. The number of halogens is 2. The van der Waals surface area contributed by atoms with E-state index in [-0.39, 0.29) is 0 Å². The first kappa shape index (κ1) is 15.5. The van der Waals surface area contributed by atoms with Crippen molar-refractivity contribution in [1.82, 2.24) is 5.32 Å². The Morgan fingerprint density at radius 2 is 1.67 bits per heavy atom. The van der Waals surface area contributed by atoms with E-state index in [2.05, 4.69) is 10.6 Å². The Kier molecular flexibility index (Phi) is 5.31. The van der Waals surface area contributed by atoms with E-state index in [4.69, 9.17) is 23.2 Å². The zero-order valence-electron chi connectivity index (χ0n) is 12.4. The van der Waals surface area contributed by atoms with Gasteiger partial charge in [-0.15, -0.1) is 0 Å². The molecule has 2 nitrogen and oxygen atoms in total. The van der Waals surface area contributed by atoms with Crippen LogP contribution in [-0.2, 0) is 0 Å². The van der Waals surface area contributed by atoms with E-state index in [1.165, 1.54) is 51.5 Å². The van der Waals surface area contributed by atoms with E-state index in [1.807, 2.05) is 18.2 Å². The number of nitrogens with one attached hydrogen (secondary N) is 2. The lowest BCUT2D eigenvalue weighted by molar-refractivity contribution is 0.217. The van der Waals surface area contributed by atoms with Crippen molar-refractivity contribution in [1.29, 1.82) is 0 Å². The molecule has 3 atom stereocenters. The van der Waals surface area contributed by atoms with Crippen LogP contribution in [0.1, 0.15) is 44.9 Å². The molecule has 21 heavy (non-hydrogen) atoms. The standard InChI is InChI=1S/C17H24Cl2N2/c18-13-7-5-8-14(19)17(13)21-16-10-2-1-6-12(16)15-9-3-4-11-20-15/h5,7-8,12,15-16,20-21H,1-4,6,9-11H2. The number of piperidine rings is 1. The summed E-state index contributed by atoms with van der Waals surface area (Å²) in [4.78, 5) is 0. The SMILES string of the molecule is Clc1cccc(Cl)c1NC1CCCCC1C1CCCCN1. The average molecular weight is 327 g/mol. The maximum atomic E-state index is 6.32. The fourth-order valence-corrected chi connectivity index (χ4v) is 4.39. The van der Waals surface area contributed by atoms with Gasteiger partial charge in [0.25, 0.3) is 0 Å². The lowest BCUT2D eigenvalue weighted by Crippen LogP contribution is -2.48. The summed E-state index contributed by atoms with van der Waals surface area (Å²) in [5, 5.41) is 8.84. The number of anilines is 1. The molecule has 2 aliphatic rings. The van der Waals surface area contributed by atoms with Crippen LogP contribution in [-0.4, -0.2) is 18.6 Å². The quantitative estimate of drug-likeness (QED) is 0.806. The third-order valence-corrected chi connectivity index (χ3v) is 5.61. The number of hydrogen-bond acceptors (Lipinski definition) is 2. The molecule has 0 spiro atoms. The highest BCUT2D eigenvalue weighted by Crippen LogP contribution is 2.36. The van der Waals surface area contributed by atoms with Gasteiger partial charge in [-0.2, -0.15) is 0 Å². The van der Waals surface area contributed by atoms with E-state index in [9.17, 15) is 0 Å². The third kappa shape index (κ3) is 3.67. The molecule has 0 radical (unpaired) electrons. The van der Waals surface area contributed by atoms with Gasteiger partial charge in [0.2, 0.25) is 0 Å². The Morgan fingerprint density at radius 1 is 0.952 bits per heavy atom. The topological polar surface area (TPSA) is 24.1 Å². The highest BCUT2D eigenvalue weighted by atomic mass is 35.5. The molecule has 3 unspecified atom stereocenters. The number of benzene rings is 1. The van der Waals surface area contributed by atoms with E-state index in [1.54, 1.807) is 0 Å². The summed E-state index contributed by atoms with van der Waals surface area (Å²) in [5.41, 5.74) is 0.911. The molecule has 1 aliphatic heterocycles. The molecule has 0 amide bonds. The molecule has 2 fully saturated rings.